The number of hydrogen-bond donors (Lipinski definition) is 2. The third-order valence-electron chi connectivity index (χ3n) is 2.13. The number of carbonyl (C=O) groups is 2. The maximum Gasteiger partial charge on any atom is 0.303 e. The van der Waals surface area contributed by atoms with Crippen LogP contribution in [0.1, 0.15) is 32.6 Å². The minimum absolute atomic E-state index is 0.0239. The first kappa shape index (κ1) is 10.0. The number of amides is 1. The van der Waals surface area contributed by atoms with E-state index < -0.39 is 5.97 Å². The Morgan fingerprint density at radius 1 is 1.54 bits per heavy atom. The van der Waals surface area contributed by atoms with Crippen LogP contribution in [-0.4, -0.2) is 23.0 Å². The molecule has 0 aromatic carbocycles. The highest BCUT2D eigenvalue weighted by Gasteiger charge is 2.30. The van der Waals surface area contributed by atoms with Crippen molar-refractivity contribution in [2.45, 2.75) is 38.6 Å². The molecule has 1 atom stereocenters. The van der Waals surface area contributed by atoms with E-state index in [1.54, 1.807) is 0 Å². The molecule has 1 amide bonds. The van der Waals surface area contributed by atoms with E-state index in [0.29, 0.717) is 6.42 Å². The van der Waals surface area contributed by atoms with Gasteiger partial charge in [-0.3, -0.25) is 9.59 Å². The third kappa shape index (κ3) is 3.92. The maximum absolute atomic E-state index is 11.2. The van der Waals surface area contributed by atoms with E-state index >= 15 is 0 Å². The van der Waals surface area contributed by atoms with E-state index in [-0.39, 0.29) is 24.3 Å². The molecule has 1 unspecified atom stereocenters. The van der Waals surface area contributed by atoms with Gasteiger partial charge < -0.3 is 10.4 Å². The van der Waals surface area contributed by atoms with Gasteiger partial charge in [0.2, 0.25) is 5.91 Å². The molecule has 1 aliphatic rings. The first-order valence-electron chi connectivity index (χ1n) is 4.61. The van der Waals surface area contributed by atoms with Crippen molar-refractivity contribution in [3.05, 3.63) is 0 Å². The summed E-state index contributed by atoms with van der Waals surface area (Å²) in [7, 11) is 0. The van der Waals surface area contributed by atoms with Crippen LogP contribution in [0.5, 0.6) is 0 Å². The molecule has 0 aromatic heterocycles. The summed E-state index contributed by atoms with van der Waals surface area (Å²) in [6, 6.07) is -0.0239. The number of nitrogens with one attached hydrogen (secondary N) is 1. The summed E-state index contributed by atoms with van der Waals surface area (Å²) in [5, 5.41) is 11.2. The van der Waals surface area contributed by atoms with E-state index in [4.69, 9.17) is 5.11 Å². The largest absolute Gasteiger partial charge is 0.481 e. The van der Waals surface area contributed by atoms with Gasteiger partial charge in [-0.2, -0.15) is 0 Å². The molecule has 0 aliphatic heterocycles. The molecule has 0 aromatic rings. The van der Waals surface area contributed by atoms with Crippen LogP contribution in [-0.2, 0) is 9.59 Å². The number of hydrogen-bond acceptors (Lipinski definition) is 2. The number of carbonyl (C=O) groups excluding carboxylic acids is 1. The SMILES string of the molecule is CC(CCC(=O)O)NC(=O)C1CC1. The van der Waals surface area contributed by atoms with Crippen molar-refractivity contribution in [2.75, 3.05) is 0 Å². The Hall–Kier alpha value is -1.06. The van der Waals surface area contributed by atoms with Crippen LogP contribution in [0.4, 0.5) is 0 Å². The van der Waals surface area contributed by atoms with Crippen molar-refractivity contribution in [1.29, 1.82) is 0 Å². The molecule has 4 nitrogen and oxygen atoms in total. The molecule has 1 aliphatic carbocycles. The first-order chi connectivity index (χ1) is 6.09. The summed E-state index contributed by atoms with van der Waals surface area (Å²) in [6.07, 6.45) is 2.59. The molecule has 13 heavy (non-hydrogen) atoms. The fraction of sp³-hybridized carbons (Fsp3) is 0.778. The number of rotatable bonds is 5. The number of carboxylic acid groups (broad SMARTS) is 1. The summed E-state index contributed by atoms with van der Waals surface area (Å²) >= 11 is 0. The highest BCUT2D eigenvalue weighted by atomic mass is 16.4. The Balaban J connectivity index is 2.12. The quantitative estimate of drug-likeness (QED) is 0.664. The predicted octanol–water partition coefficient (Wildman–Crippen LogP) is 0.766. The Morgan fingerprint density at radius 3 is 2.62 bits per heavy atom. The van der Waals surface area contributed by atoms with Gasteiger partial charge >= 0.3 is 5.97 Å². The van der Waals surface area contributed by atoms with Gasteiger partial charge in [0.15, 0.2) is 0 Å². The zero-order chi connectivity index (χ0) is 9.84. The second-order valence-electron chi connectivity index (χ2n) is 3.62. The second-order valence-corrected chi connectivity index (χ2v) is 3.62. The van der Waals surface area contributed by atoms with E-state index in [1.165, 1.54) is 0 Å². The van der Waals surface area contributed by atoms with Gasteiger partial charge in [-0.15, -0.1) is 0 Å². The molecule has 74 valence electrons. The second kappa shape index (κ2) is 4.25. The fourth-order valence-corrected chi connectivity index (χ4v) is 1.12. The van der Waals surface area contributed by atoms with E-state index in [2.05, 4.69) is 5.32 Å². The first-order valence-corrected chi connectivity index (χ1v) is 4.61. The van der Waals surface area contributed by atoms with Gasteiger partial charge in [-0.05, 0) is 26.2 Å². The molecule has 1 fully saturated rings. The average molecular weight is 185 g/mol. The lowest BCUT2D eigenvalue weighted by molar-refractivity contribution is -0.137. The summed E-state index contributed by atoms with van der Waals surface area (Å²) < 4.78 is 0. The van der Waals surface area contributed by atoms with Crippen LogP contribution in [0.25, 0.3) is 0 Å². The van der Waals surface area contributed by atoms with Crippen molar-refractivity contribution in [3.63, 3.8) is 0 Å². The highest BCUT2D eigenvalue weighted by molar-refractivity contribution is 5.81. The summed E-state index contributed by atoms with van der Waals surface area (Å²) in [5.74, 6) is -0.530. The predicted molar refractivity (Wildman–Crippen MR) is 47.2 cm³/mol. The van der Waals surface area contributed by atoms with Crippen LogP contribution < -0.4 is 5.32 Å². The molecule has 2 N–H and O–H groups in total. The smallest absolute Gasteiger partial charge is 0.303 e. The molecule has 1 rings (SSSR count). The van der Waals surface area contributed by atoms with E-state index in [1.807, 2.05) is 6.92 Å². The van der Waals surface area contributed by atoms with Crippen LogP contribution in [0.3, 0.4) is 0 Å². The molecule has 4 heteroatoms. The van der Waals surface area contributed by atoms with Gasteiger partial charge in [0, 0.05) is 18.4 Å². The molecule has 1 saturated carbocycles. The minimum atomic E-state index is -0.812. The topological polar surface area (TPSA) is 66.4 Å². The fourth-order valence-electron chi connectivity index (χ4n) is 1.12. The lowest BCUT2D eigenvalue weighted by Crippen LogP contribution is -2.33. The minimum Gasteiger partial charge on any atom is -0.481 e. The molecule has 0 radical (unpaired) electrons. The highest BCUT2D eigenvalue weighted by Crippen LogP contribution is 2.28. The molecular formula is C9H15NO3. The van der Waals surface area contributed by atoms with Crippen LogP contribution in [0, 0.1) is 5.92 Å². The molecule has 0 saturated heterocycles. The van der Waals surface area contributed by atoms with Gasteiger partial charge in [0.1, 0.15) is 0 Å². The lowest BCUT2D eigenvalue weighted by Gasteiger charge is -2.11. The summed E-state index contributed by atoms with van der Waals surface area (Å²) in [6.45, 7) is 1.84. The van der Waals surface area contributed by atoms with E-state index in [0.717, 1.165) is 12.8 Å². The van der Waals surface area contributed by atoms with Crippen molar-refractivity contribution < 1.29 is 14.7 Å². The summed E-state index contributed by atoms with van der Waals surface area (Å²) in [5.41, 5.74) is 0. The van der Waals surface area contributed by atoms with Gasteiger partial charge in [0.05, 0.1) is 0 Å². The normalized spacial score (nSPS) is 17.9. The van der Waals surface area contributed by atoms with Crippen LogP contribution >= 0.6 is 0 Å². The Labute approximate surface area is 77.3 Å². The maximum atomic E-state index is 11.2. The van der Waals surface area contributed by atoms with Gasteiger partial charge in [-0.1, -0.05) is 0 Å². The summed E-state index contributed by atoms with van der Waals surface area (Å²) in [4.78, 5) is 21.4. The van der Waals surface area contributed by atoms with Crippen molar-refractivity contribution in [3.8, 4) is 0 Å². The zero-order valence-electron chi connectivity index (χ0n) is 7.75. The zero-order valence-corrected chi connectivity index (χ0v) is 7.75. The number of carboxylic acids is 1. The molecule has 0 heterocycles. The number of aliphatic carboxylic acids is 1. The Bertz CT molecular complexity index is 211. The van der Waals surface area contributed by atoms with Gasteiger partial charge in [-0.25, -0.2) is 0 Å². The standard InChI is InChI=1S/C9H15NO3/c1-6(2-5-8(11)12)10-9(13)7-3-4-7/h6-7H,2-5H2,1H3,(H,10,13)(H,11,12). The third-order valence-corrected chi connectivity index (χ3v) is 2.13. The van der Waals surface area contributed by atoms with Gasteiger partial charge in [0.25, 0.3) is 0 Å². The van der Waals surface area contributed by atoms with E-state index in [9.17, 15) is 9.59 Å². The Kier molecular flexibility index (Phi) is 3.28. The van der Waals surface area contributed by atoms with Crippen molar-refractivity contribution in [2.24, 2.45) is 5.92 Å². The molecule has 0 spiro atoms. The molecular weight excluding hydrogens is 170 g/mol. The monoisotopic (exact) mass is 185 g/mol. The van der Waals surface area contributed by atoms with Crippen LogP contribution in [0.15, 0.2) is 0 Å². The average Bonchev–Trinajstić information content (AvgIpc) is 2.82. The molecule has 0 bridgehead atoms. The Morgan fingerprint density at radius 2 is 2.15 bits per heavy atom. The van der Waals surface area contributed by atoms with Crippen molar-refractivity contribution >= 4 is 11.9 Å². The van der Waals surface area contributed by atoms with Crippen molar-refractivity contribution in [1.82, 2.24) is 5.32 Å². The lowest BCUT2D eigenvalue weighted by atomic mass is 10.2. The van der Waals surface area contributed by atoms with Crippen LogP contribution in [0.2, 0.25) is 0 Å².